The number of thioether (sulfide) groups is 1. The first-order valence-electron chi connectivity index (χ1n) is 8.98. The maximum atomic E-state index is 12.6. The summed E-state index contributed by atoms with van der Waals surface area (Å²) in [4.78, 5) is 17.3. The SMILES string of the molecule is COc1ccc(C(=O)CSc2nc(C3CC3)cc(-c3ccco3)c2C#N)cc1. The minimum atomic E-state index is -0.0188. The standard InChI is InChI=1S/C22H18N2O3S/c1-26-16-8-6-15(7-9-16)20(25)13-28-22-18(12-23)17(21-3-2-10-27-21)11-19(24-22)14-4-5-14/h2-3,6-11,14H,4-5,13H2,1H3. The number of pyridine rings is 1. The maximum absolute atomic E-state index is 12.6. The van der Waals surface area contributed by atoms with E-state index in [1.807, 2.05) is 12.1 Å². The molecule has 0 bridgehead atoms. The molecule has 6 heteroatoms. The van der Waals surface area contributed by atoms with E-state index in [4.69, 9.17) is 14.1 Å². The molecule has 0 aliphatic heterocycles. The van der Waals surface area contributed by atoms with Crippen molar-refractivity contribution in [2.45, 2.75) is 23.8 Å². The van der Waals surface area contributed by atoms with Crippen LogP contribution in [0.1, 0.15) is 40.4 Å². The molecule has 1 aromatic carbocycles. The summed E-state index contributed by atoms with van der Waals surface area (Å²) in [5.74, 6) is 1.97. The molecule has 5 nitrogen and oxygen atoms in total. The molecule has 0 N–H and O–H groups in total. The Morgan fingerprint density at radius 1 is 1.32 bits per heavy atom. The quantitative estimate of drug-likeness (QED) is 0.414. The lowest BCUT2D eigenvalue weighted by Gasteiger charge is -2.10. The largest absolute Gasteiger partial charge is 0.497 e. The number of hydrogen-bond donors (Lipinski definition) is 0. The van der Waals surface area contributed by atoms with Crippen LogP contribution < -0.4 is 4.74 Å². The van der Waals surface area contributed by atoms with Gasteiger partial charge >= 0.3 is 0 Å². The van der Waals surface area contributed by atoms with E-state index in [2.05, 4.69) is 6.07 Å². The van der Waals surface area contributed by atoms with E-state index < -0.39 is 0 Å². The Labute approximate surface area is 167 Å². The summed E-state index contributed by atoms with van der Waals surface area (Å²) in [6.07, 6.45) is 3.80. The summed E-state index contributed by atoms with van der Waals surface area (Å²) >= 11 is 1.30. The summed E-state index contributed by atoms with van der Waals surface area (Å²) in [6.45, 7) is 0. The summed E-state index contributed by atoms with van der Waals surface area (Å²) in [6, 6.07) is 14.8. The van der Waals surface area contributed by atoms with Crippen molar-refractivity contribution >= 4 is 17.5 Å². The Bertz CT molecular complexity index is 1030. The van der Waals surface area contributed by atoms with E-state index >= 15 is 0 Å². The van der Waals surface area contributed by atoms with Gasteiger partial charge in [-0.1, -0.05) is 11.8 Å². The molecule has 1 aliphatic carbocycles. The second-order valence-electron chi connectivity index (χ2n) is 6.58. The Morgan fingerprint density at radius 2 is 2.11 bits per heavy atom. The number of rotatable bonds is 7. The fraction of sp³-hybridized carbons (Fsp3) is 0.227. The molecule has 2 heterocycles. The van der Waals surface area contributed by atoms with Gasteiger partial charge in [0, 0.05) is 22.7 Å². The lowest BCUT2D eigenvalue weighted by Crippen LogP contribution is -2.04. The number of Topliss-reactive ketones (excluding diaryl/α,β-unsaturated/α-hetero) is 1. The molecule has 1 aliphatic rings. The normalized spacial score (nSPS) is 13.1. The second kappa shape index (κ2) is 7.91. The van der Waals surface area contributed by atoms with Gasteiger partial charge in [-0.15, -0.1) is 0 Å². The third-order valence-electron chi connectivity index (χ3n) is 4.65. The van der Waals surface area contributed by atoms with E-state index in [0.717, 1.165) is 24.1 Å². The van der Waals surface area contributed by atoms with E-state index in [9.17, 15) is 10.1 Å². The van der Waals surface area contributed by atoms with Gasteiger partial charge in [-0.05, 0) is 55.3 Å². The van der Waals surface area contributed by atoms with Gasteiger partial charge in [0.2, 0.25) is 0 Å². The molecule has 0 radical (unpaired) electrons. The topological polar surface area (TPSA) is 76.1 Å². The monoisotopic (exact) mass is 390 g/mol. The molecule has 140 valence electrons. The molecule has 0 atom stereocenters. The van der Waals surface area contributed by atoms with Crippen molar-refractivity contribution in [2.75, 3.05) is 12.9 Å². The molecule has 0 amide bonds. The lowest BCUT2D eigenvalue weighted by atomic mass is 10.1. The Balaban J connectivity index is 1.61. The molecule has 0 saturated heterocycles. The second-order valence-corrected chi connectivity index (χ2v) is 7.54. The van der Waals surface area contributed by atoms with E-state index in [-0.39, 0.29) is 11.5 Å². The van der Waals surface area contributed by atoms with Crippen molar-refractivity contribution in [3.05, 3.63) is 65.5 Å². The van der Waals surface area contributed by atoms with Gasteiger partial charge in [-0.2, -0.15) is 5.26 Å². The van der Waals surface area contributed by atoms with Gasteiger partial charge in [-0.3, -0.25) is 4.79 Å². The number of methoxy groups -OCH3 is 1. The molecule has 4 rings (SSSR count). The number of benzene rings is 1. The highest BCUT2D eigenvalue weighted by atomic mass is 32.2. The average molecular weight is 390 g/mol. The molecule has 28 heavy (non-hydrogen) atoms. The highest BCUT2D eigenvalue weighted by molar-refractivity contribution is 8.00. The summed E-state index contributed by atoms with van der Waals surface area (Å²) < 4.78 is 10.6. The summed E-state index contributed by atoms with van der Waals surface area (Å²) in [7, 11) is 1.59. The van der Waals surface area contributed by atoms with E-state index in [1.165, 1.54) is 11.8 Å². The predicted octanol–water partition coefficient (Wildman–Crippen LogP) is 5.07. The third-order valence-corrected chi connectivity index (χ3v) is 5.63. The molecule has 1 saturated carbocycles. The van der Waals surface area contributed by atoms with Crippen LogP contribution in [0, 0.1) is 11.3 Å². The predicted molar refractivity (Wildman–Crippen MR) is 107 cm³/mol. The smallest absolute Gasteiger partial charge is 0.173 e. The average Bonchev–Trinajstić information content (AvgIpc) is 3.45. The number of nitriles is 1. The minimum Gasteiger partial charge on any atom is -0.497 e. The number of furan rings is 1. The summed E-state index contributed by atoms with van der Waals surface area (Å²) in [5.41, 5.74) is 2.76. The minimum absolute atomic E-state index is 0.0188. The zero-order valence-corrected chi connectivity index (χ0v) is 16.2. The van der Waals surface area contributed by atoms with Crippen LogP contribution in [0.3, 0.4) is 0 Å². The first kappa shape index (κ1) is 18.3. The van der Waals surface area contributed by atoms with Crippen molar-refractivity contribution in [2.24, 2.45) is 0 Å². The van der Waals surface area contributed by atoms with Crippen LogP contribution in [0.5, 0.6) is 5.75 Å². The van der Waals surface area contributed by atoms with Gasteiger partial charge in [0.25, 0.3) is 0 Å². The van der Waals surface area contributed by atoms with Crippen molar-refractivity contribution in [3.63, 3.8) is 0 Å². The fourth-order valence-electron chi connectivity index (χ4n) is 2.96. The number of carbonyl (C=O) groups excluding carboxylic acids is 1. The van der Waals surface area contributed by atoms with Crippen molar-refractivity contribution in [1.82, 2.24) is 4.98 Å². The van der Waals surface area contributed by atoms with Crippen molar-refractivity contribution in [3.8, 4) is 23.1 Å². The van der Waals surface area contributed by atoms with Gasteiger partial charge < -0.3 is 9.15 Å². The zero-order chi connectivity index (χ0) is 19.5. The molecule has 2 aromatic heterocycles. The Kier molecular flexibility index (Phi) is 5.18. The number of ketones is 1. The molecular formula is C22H18N2O3S. The molecule has 0 unspecified atom stereocenters. The van der Waals surface area contributed by atoms with Crippen molar-refractivity contribution < 1.29 is 13.9 Å². The number of carbonyl (C=O) groups is 1. The number of hydrogen-bond acceptors (Lipinski definition) is 6. The molecular weight excluding hydrogens is 372 g/mol. The van der Waals surface area contributed by atoms with Gasteiger partial charge in [-0.25, -0.2) is 4.98 Å². The van der Waals surface area contributed by atoms with Crippen LogP contribution in [0.15, 0.2) is 58.2 Å². The van der Waals surface area contributed by atoms with Gasteiger partial charge in [0.15, 0.2) is 5.78 Å². The van der Waals surface area contributed by atoms with Gasteiger partial charge in [0.05, 0.1) is 24.7 Å². The molecule has 0 spiro atoms. The van der Waals surface area contributed by atoms with Crippen LogP contribution in [0.25, 0.3) is 11.3 Å². The van der Waals surface area contributed by atoms with E-state index in [0.29, 0.717) is 33.6 Å². The van der Waals surface area contributed by atoms with Crippen LogP contribution in [0.2, 0.25) is 0 Å². The van der Waals surface area contributed by atoms with Crippen molar-refractivity contribution in [1.29, 1.82) is 5.26 Å². The number of ether oxygens (including phenoxy) is 1. The Morgan fingerprint density at radius 3 is 2.71 bits per heavy atom. The zero-order valence-electron chi connectivity index (χ0n) is 15.3. The molecule has 3 aromatic rings. The van der Waals surface area contributed by atoms with Crippen LogP contribution >= 0.6 is 11.8 Å². The highest BCUT2D eigenvalue weighted by Crippen LogP contribution is 2.42. The molecule has 1 fully saturated rings. The fourth-order valence-corrected chi connectivity index (χ4v) is 3.87. The van der Waals surface area contributed by atoms with Crippen LogP contribution in [0.4, 0.5) is 0 Å². The third kappa shape index (κ3) is 3.80. The number of nitrogens with zero attached hydrogens (tertiary/aromatic N) is 2. The number of aromatic nitrogens is 1. The first-order chi connectivity index (χ1) is 13.7. The maximum Gasteiger partial charge on any atom is 0.173 e. The highest BCUT2D eigenvalue weighted by Gasteiger charge is 2.28. The van der Waals surface area contributed by atoms with Crippen LogP contribution in [-0.2, 0) is 0 Å². The first-order valence-corrected chi connectivity index (χ1v) is 9.97. The van der Waals surface area contributed by atoms with E-state index in [1.54, 1.807) is 43.7 Å². The lowest BCUT2D eigenvalue weighted by molar-refractivity contribution is 0.102. The summed E-state index contributed by atoms with van der Waals surface area (Å²) in [5, 5.41) is 10.3. The van der Waals surface area contributed by atoms with Crippen LogP contribution in [-0.4, -0.2) is 23.6 Å². The van der Waals surface area contributed by atoms with Gasteiger partial charge in [0.1, 0.15) is 22.6 Å². The Hall–Kier alpha value is -3.04.